The van der Waals surface area contributed by atoms with Crippen LogP contribution in [-0.4, -0.2) is 78.7 Å². The molecule has 2 bridgehead atoms. The summed E-state index contributed by atoms with van der Waals surface area (Å²) in [6, 6.07) is 12.6. The van der Waals surface area contributed by atoms with Crippen LogP contribution in [0.2, 0.25) is 0 Å². The zero-order chi connectivity index (χ0) is 33.2. The van der Waals surface area contributed by atoms with Crippen LogP contribution in [0.3, 0.4) is 0 Å². The lowest BCUT2D eigenvalue weighted by Crippen LogP contribution is -2.57. The molecule has 6 aliphatic rings. The van der Waals surface area contributed by atoms with Crippen molar-refractivity contribution in [1.82, 2.24) is 19.1 Å². The van der Waals surface area contributed by atoms with E-state index in [2.05, 4.69) is 38.3 Å². The highest BCUT2D eigenvalue weighted by atomic mass is 32.2. The third-order valence-corrected chi connectivity index (χ3v) is 15.1. The number of aromatic nitrogens is 1. The van der Waals surface area contributed by atoms with Gasteiger partial charge in [0.25, 0.3) is 5.91 Å². The predicted molar refractivity (Wildman–Crippen MR) is 185 cm³/mol. The van der Waals surface area contributed by atoms with Gasteiger partial charge in [-0.25, -0.2) is 13.1 Å². The van der Waals surface area contributed by atoms with E-state index in [1.807, 2.05) is 18.2 Å². The minimum Gasteiger partial charge on any atom is -0.497 e. The van der Waals surface area contributed by atoms with Crippen molar-refractivity contribution in [3.8, 4) is 17.0 Å². The van der Waals surface area contributed by atoms with E-state index in [-0.39, 0.29) is 23.9 Å². The Morgan fingerprint density at radius 1 is 0.958 bits per heavy atom. The summed E-state index contributed by atoms with van der Waals surface area (Å²) < 4.78 is 35.7. The summed E-state index contributed by atoms with van der Waals surface area (Å²) in [7, 11) is 0.0771. The molecule has 4 atom stereocenters. The first-order chi connectivity index (χ1) is 23.0. The summed E-state index contributed by atoms with van der Waals surface area (Å²) in [6.45, 7) is 4.06. The van der Waals surface area contributed by atoms with Crippen molar-refractivity contribution >= 4 is 32.7 Å². The molecule has 1 aromatic heterocycles. The van der Waals surface area contributed by atoms with Gasteiger partial charge in [-0.3, -0.25) is 9.59 Å². The maximum atomic E-state index is 15.0. The number of piperazine rings is 1. The highest BCUT2D eigenvalue weighted by molar-refractivity contribution is 7.91. The quantitative estimate of drug-likeness (QED) is 0.358. The Hall–Kier alpha value is -3.37. The minimum absolute atomic E-state index is 0.0826. The van der Waals surface area contributed by atoms with Crippen LogP contribution in [0.5, 0.6) is 5.75 Å². The second-order valence-corrected chi connectivity index (χ2v) is 18.2. The first kappa shape index (κ1) is 30.7. The molecule has 5 fully saturated rings. The maximum absolute atomic E-state index is 15.0. The largest absolute Gasteiger partial charge is 0.497 e. The standard InChI is InChI=1S/C38H46N4O5S/c1-37(15-16-37)48(45,46)39-35(43)24-9-13-29-32(17-24)41-22-38(36(44)42-25-10-11-26(42)21-40(2)20-25)19-31(38)30-18-27(47-3)12-14-28(30)34(41)33(29)23-7-5-4-6-8-23/h9,12-14,17-18,23,25-26,31H,4-8,10-11,15-16,19-22H2,1-3H3,(H,39,43). The summed E-state index contributed by atoms with van der Waals surface area (Å²) in [5.74, 6) is 0.933. The molecular formula is C38H46N4O5S. The number of likely N-dealkylation sites (N-methyl/N-ethyl adjacent to an activating group) is 1. The molecule has 48 heavy (non-hydrogen) atoms. The number of carbonyl (C=O) groups excluding carboxylic acids is 2. The fraction of sp³-hybridized carbons (Fsp3) is 0.579. The highest BCUT2D eigenvalue weighted by Gasteiger charge is 2.65. The summed E-state index contributed by atoms with van der Waals surface area (Å²) in [6.07, 6.45) is 9.82. The van der Waals surface area contributed by atoms with E-state index in [9.17, 15) is 13.2 Å². The van der Waals surface area contributed by atoms with Gasteiger partial charge in [-0.15, -0.1) is 0 Å². The van der Waals surface area contributed by atoms with Gasteiger partial charge in [-0.1, -0.05) is 25.3 Å². The molecule has 0 radical (unpaired) electrons. The van der Waals surface area contributed by atoms with E-state index in [1.165, 1.54) is 30.4 Å². The van der Waals surface area contributed by atoms with Crippen molar-refractivity contribution in [3.05, 3.63) is 53.1 Å². The second kappa shape index (κ2) is 10.6. The van der Waals surface area contributed by atoms with Crippen molar-refractivity contribution in [2.75, 3.05) is 27.2 Å². The zero-order valence-corrected chi connectivity index (χ0v) is 29.1. The monoisotopic (exact) mass is 670 g/mol. The third kappa shape index (κ3) is 4.47. The molecule has 10 heteroatoms. The van der Waals surface area contributed by atoms with Crippen molar-refractivity contribution in [2.24, 2.45) is 5.41 Å². The van der Waals surface area contributed by atoms with Crippen LogP contribution in [0.25, 0.3) is 22.2 Å². The molecule has 4 heterocycles. The Morgan fingerprint density at radius 3 is 2.38 bits per heavy atom. The van der Waals surface area contributed by atoms with E-state index in [4.69, 9.17) is 4.74 Å². The van der Waals surface area contributed by atoms with Crippen molar-refractivity contribution in [2.45, 2.75) is 106 Å². The number of amides is 2. The van der Waals surface area contributed by atoms with E-state index in [0.717, 1.165) is 73.1 Å². The van der Waals surface area contributed by atoms with Gasteiger partial charge < -0.3 is 19.1 Å². The first-order valence-corrected chi connectivity index (χ1v) is 19.4. The molecule has 3 saturated carbocycles. The lowest BCUT2D eigenvalue weighted by molar-refractivity contribution is -0.143. The van der Waals surface area contributed by atoms with Gasteiger partial charge in [0, 0.05) is 59.7 Å². The number of hydrogen-bond acceptors (Lipinski definition) is 6. The number of nitrogens with zero attached hydrogens (tertiary/aromatic N) is 3. The Bertz CT molecular complexity index is 1960. The topological polar surface area (TPSA) is 101 Å². The number of hydrogen-bond donors (Lipinski definition) is 1. The first-order valence-electron chi connectivity index (χ1n) is 18.0. The fourth-order valence-electron chi connectivity index (χ4n) is 9.87. The molecule has 3 aliphatic heterocycles. The molecule has 4 unspecified atom stereocenters. The number of nitrogens with one attached hydrogen (secondary N) is 1. The highest BCUT2D eigenvalue weighted by Crippen LogP contribution is 2.66. The van der Waals surface area contributed by atoms with Crippen molar-refractivity contribution in [3.63, 3.8) is 0 Å². The number of ether oxygens (including phenoxy) is 1. The fourth-order valence-corrected chi connectivity index (χ4v) is 11.1. The molecule has 1 N–H and O–H groups in total. The SMILES string of the molecule is COc1ccc2c(c1)C1CC1(C(=O)N1C3CCC1CN(C)C3)Cn1c-2c(C2CCCCC2)c2ccc(C(=O)NS(=O)(=O)C3(C)CC3)cc21. The predicted octanol–water partition coefficient (Wildman–Crippen LogP) is 5.77. The van der Waals surface area contributed by atoms with Crippen molar-refractivity contribution in [1.29, 1.82) is 0 Å². The summed E-state index contributed by atoms with van der Waals surface area (Å²) in [5.41, 5.74) is 5.47. The maximum Gasteiger partial charge on any atom is 0.264 e. The number of fused-ring (bicyclic) bond motifs is 9. The van der Waals surface area contributed by atoms with E-state index >= 15 is 4.79 Å². The average molecular weight is 671 g/mol. The van der Waals surface area contributed by atoms with Gasteiger partial charge >= 0.3 is 0 Å². The molecule has 9 nitrogen and oxygen atoms in total. The van der Waals surface area contributed by atoms with Gasteiger partial charge in [0.15, 0.2) is 0 Å². The second-order valence-electron chi connectivity index (χ2n) is 16.0. The Morgan fingerprint density at radius 2 is 1.69 bits per heavy atom. The summed E-state index contributed by atoms with van der Waals surface area (Å²) in [5, 5.41) is 1.11. The molecular weight excluding hydrogens is 625 g/mol. The molecule has 2 amide bonds. The summed E-state index contributed by atoms with van der Waals surface area (Å²) >= 11 is 0. The van der Waals surface area contributed by atoms with Gasteiger partial charge in [-0.05, 0) is 106 Å². The third-order valence-electron chi connectivity index (χ3n) is 12.9. The number of rotatable bonds is 6. The van der Waals surface area contributed by atoms with E-state index in [1.54, 1.807) is 20.1 Å². The van der Waals surface area contributed by atoms with Gasteiger partial charge in [0.05, 0.1) is 23.0 Å². The van der Waals surface area contributed by atoms with Crippen LogP contribution in [0, 0.1) is 5.41 Å². The van der Waals surface area contributed by atoms with Gasteiger partial charge in [-0.2, -0.15) is 0 Å². The van der Waals surface area contributed by atoms with Crippen molar-refractivity contribution < 1.29 is 22.7 Å². The molecule has 9 rings (SSSR count). The molecule has 3 aromatic rings. The van der Waals surface area contributed by atoms with E-state index in [0.29, 0.717) is 30.9 Å². The normalized spacial score (nSPS) is 29.1. The number of likely N-dealkylation sites (tertiary alicyclic amines) is 1. The van der Waals surface area contributed by atoms with Crippen LogP contribution in [0.15, 0.2) is 36.4 Å². The van der Waals surface area contributed by atoms with Crippen LogP contribution in [0.1, 0.15) is 104 Å². The molecule has 2 aromatic carbocycles. The van der Waals surface area contributed by atoms with Gasteiger partial charge in [0.1, 0.15) is 5.75 Å². The van der Waals surface area contributed by atoms with Gasteiger partial charge in [0.2, 0.25) is 15.9 Å². The molecule has 0 spiro atoms. The Labute approximate surface area is 283 Å². The Balaban J connectivity index is 1.22. The smallest absolute Gasteiger partial charge is 0.264 e. The number of carbonyl (C=O) groups is 2. The molecule has 2 saturated heterocycles. The minimum atomic E-state index is -3.78. The number of methoxy groups -OCH3 is 1. The average Bonchev–Trinajstić information content (AvgIpc) is 3.97. The molecule has 3 aliphatic carbocycles. The van der Waals surface area contributed by atoms with Crippen LogP contribution < -0.4 is 9.46 Å². The number of benzene rings is 2. The van der Waals surface area contributed by atoms with E-state index < -0.39 is 26.1 Å². The zero-order valence-electron chi connectivity index (χ0n) is 28.3. The van der Waals surface area contributed by atoms with Crippen LogP contribution >= 0.6 is 0 Å². The Kier molecular flexibility index (Phi) is 6.75. The lowest BCUT2D eigenvalue weighted by atomic mass is 9.81. The van der Waals surface area contributed by atoms with Crippen LogP contribution in [0.4, 0.5) is 0 Å². The summed E-state index contributed by atoms with van der Waals surface area (Å²) in [4.78, 5) is 33.2. The van der Waals surface area contributed by atoms with Crippen LogP contribution in [-0.2, 0) is 21.4 Å². The lowest BCUT2D eigenvalue weighted by Gasteiger charge is -2.41. The molecule has 254 valence electrons. The number of sulfonamides is 1.